The Morgan fingerprint density at radius 2 is 2.33 bits per heavy atom. The van der Waals surface area contributed by atoms with Crippen LogP contribution in [0.2, 0.25) is 0 Å². The Hall–Kier alpha value is -0.933. The first-order valence-electron chi connectivity index (χ1n) is 5.60. The van der Waals surface area contributed by atoms with Gasteiger partial charge in [0.2, 0.25) is 0 Å². The van der Waals surface area contributed by atoms with Crippen molar-refractivity contribution in [2.75, 3.05) is 6.61 Å². The largest absolute Gasteiger partial charge is 0.397 e. The maximum Gasteiger partial charge on any atom is 0.328 e. The molecule has 2 rings (SSSR count). The van der Waals surface area contributed by atoms with E-state index in [4.69, 9.17) is 4.43 Å². The summed E-state index contributed by atoms with van der Waals surface area (Å²) in [6, 6.07) is 0. The third kappa shape index (κ3) is 3.61. The summed E-state index contributed by atoms with van der Waals surface area (Å²) in [5.41, 5.74) is 2.12. The molecule has 1 heterocycles. The molecule has 0 saturated heterocycles. The molecule has 3 heteroatoms. The fraction of sp³-hybridized carbons (Fsp3) is 0.417. The highest BCUT2D eigenvalue weighted by atomic mass is 28.3. The zero-order valence-electron chi connectivity index (χ0n) is 8.88. The van der Waals surface area contributed by atoms with Gasteiger partial charge in [-0.1, -0.05) is 30.0 Å². The lowest BCUT2D eigenvalue weighted by Gasteiger charge is -2.17. The predicted octanol–water partition coefficient (Wildman–Crippen LogP) is 2.32. The molecule has 2 aliphatic rings. The second-order valence-corrected chi connectivity index (χ2v) is 5.71. The number of hydrogen-bond acceptors (Lipinski definition) is 2. The summed E-state index contributed by atoms with van der Waals surface area (Å²) in [5, 5.41) is 0. The summed E-state index contributed by atoms with van der Waals surface area (Å²) in [6.07, 6.45) is 16.2. The van der Waals surface area contributed by atoms with E-state index in [0.29, 0.717) is 5.92 Å². The van der Waals surface area contributed by atoms with E-state index in [9.17, 15) is 0 Å². The lowest BCUT2D eigenvalue weighted by Crippen LogP contribution is -2.19. The summed E-state index contributed by atoms with van der Waals surface area (Å²) in [7, 11) is -1.45. The van der Waals surface area contributed by atoms with Gasteiger partial charge < -0.3 is 4.43 Å². The van der Waals surface area contributed by atoms with Crippen LogP contribution in [-0.2, 0) is 4.43 Å². The molecule has 2 unspecified atom stereocenters. The fourth-order valence-electron chi connectivity index (χ4n) is 1.80. The first-order valence-corrected chi connectivity index (χ1v) is 7.25. The van der Waals surface area contributed by atoms with Crippen LogP contribution >= 0.6 is 0 Å². The normalized spacial score (nSPS) is 29.3. The molecular formula is C12H17NOSi. The van der Waals surface area contributed by atoms with Gasteiger partial charge >= 0.3 is 9.20 Å². The van der Waals surface area contributed by atoms with Crippen LogP contribution < -0.4 is 0 Å². The Morgan fingerprint density at radius 3 is 3.20 bits per heavy atom. The van der Waals surface area contributed by atoms with Gasteiger partial charge in [-0.05, 0) is 31.3 Å². The average Bonchev–Trinajstić information content (AvgIpc) is 2.56. The second kappa shape index (κ2) is 5.83. The van der Waals surface area contributed by atoms with E-state index in [1.165, 1.54) is 19.3 Å². The smallest absolute Gasteiger partial charge is 0.328 e. The zero-order valence-corrected chi connectivity index (χ0v) is 10.0. The topological polar surface area (TPSA) is 21.6 Å². The SMILES string of the molecule is C1=CC=N[SiH](OCC2C=CCCC2)C=C1. The van der Waals surface area contributed by atoms with Gasteiger partial charge in [-0.2, -0.15) is 0 Å². The van der Waals surface area contributed by atoms with E-state index in [-0.39, 0.29) is 0 Å². The molecule has 0 bridgehead atoms. The quantitative estimate of drug-likeness (QED) is 0.527. The summed E-state index contributed by atoms with van der Waals surface area (Å²) < 4.78 is 10.3. The third-order valence-electron chi connectivity index (χ3n) is 2.65. The Labute approximate surface area is 92.9 Å². The number of hydrogen-bond donors (Lipinski definition) is 0. The maximum absolute atomic E-state index is 5.87. The van der Waals surface area contributed by atoms with E-state index in [1.54, 1.807) is 0 Å². The van der Waals surface area contributed by atoms with E-state index in [2.05, 4.69) is 22.5 Å². The summed E-state index contributed by atoms with van der Waals surface area (Å²) in [4.78, 5) is 0. The molecule has 0 aromatic carbocycles. The Bertz CT molecular complexity index is 291. The third-order valence-corrected chi connectivity index (χ3v) is 4.20. The van der Waals surface area contributed by atoms with Crippen molar-refractivity contribution in [3.8, 4) is 0 Å². The summed E-state index contributed by atoms with van der Waals surface area (Å²) in [6.45, 7) is 0.842. The Balaban J connectivity index is 1.77. The van der Waals surface area contributed by atoms with Crippen LogP contribution in [0.4, 0.5) is 0 Å². The minimum absolute atomic E-state index is 0.617. The lowest BCUT2D eigenvalue weighted by molar-refractivity contribution is 0.268. The minimum Gasteiger partial charge on any atom is -0.397 e. The van der Waals surface area contributed by atoms with Gasteiger partial charge in [-0.15, -0.1) is 0 Å². The van der Waals surface area contributed by atoms with Crippen LogP contribution in [0.1, 0.15) is 19.3 Å². The number of nitrogens with zero attached hydrogens (tertiary/aromatic N) is 1. The Morgan fingerprint density at radius 1 is 1.33 bits per heavy atom. The molecule has 1 aliphatic heterocycles. The molecule has 0 saturated carbocycles. The molecule has 2 nitrogen and oxygen atoms in total. The summed E-state index contributed by atoms with van der Waals surface area (Å²) >= 11 is 0. The van der Waals surface area contributed by atoms with E-state index < -0.39 is 9.20 Å². The minimum atomic E-state index is -1.45. The van der Waals surface area contributed by atoms with Crippen LogP contribution in [0, 0.1) is 5.92 Å². The van der Waals surface area contributed by atoms with Gasteiger partial charge in [0.05, 0.1) is 0 Å². The number of allylic oxidation sites excluding steroid dienone is 4. The highest BCUT2D eigenvalue weighted by Gasteiger charge is 2.12. The summed E-state index contributed by atoms with van der Waals surface area (Å²) in [5.74, 6) is 0.617. The molecule has 2 atom stereocenters. The van der Waals surface area contributed by atoms with Crippen molar-refractivity contribution in [3.05, 3.63) is 36.1 Å². The van der Waals surface area contributed by atoms with E-state index in [1.807, 2.05) is 24.4 Å². The molecule has 15 heavy (non-hydrogen) atoms. The average molecular weight is 219 g/mol. The molecule has 0 amide bonds. The van der Waals surface area contributed by atoms with Crippen molar-refractivity contribution in [2.45, 2.75) is 19.3 Å². The molecule has 1 aliphatic carbocycles. The molecule has 0 aromatic rings. The molecule has 0 spiro atoms. The van der Waals surface area contributed by atoms with Crippen molar-refractivity contribution < 1.29 is 4.43 Å². The van der Waals surface area contributed by atoms with Crippen molar-refractivity contribution in [3.63, 3.8) is 0 Å². The van der Waals surface area contributed by atoms with Crippen LogP contribution in [0.5, 0.6) is 0 Å². The highest BCUT2D eigenvalue weighted by molar-refractivity contribution is 6.57. The van der Waals surface area contributed by atoms with Crippen LogP contribution in [0.3, 0.4) is 0 Å². The molecular weight excluding hydrogens is 202 g/mol. The van der Waals surface area contributed by atoms with Gasteiger partial charge in [0.25, 0.3) is 0 Å². The van der Waals surface area contributed by atoms with Gasteiger partial charge in [-0.25, -0.2) is 0 Å². The highest BCUT2D eigenvalue weighted by Crippen LogP contribution is 2.17. The number of rotatable bonds is 3. The van der Waals surface area contributed by atoms with Gasteiger partial charge in [0.1, 0.15) is 0 Å². The van der Waals surface area contributed by atoms with Gasteiger partial charge in [-0.3, -0.25) is 4.66 Å². The van der Waals surface area contributed by atoms with E-state index in [0.717, 1.165) is 6.61 Å². The first kappa shape index (κ1) is 10.6. The van der Waals surface area contributed by atoms with Gasteiger partial charge in [0.15, 0.2) is 0 Å². The van der Waals surface area contributed by atoms with E-state index >= 15 is 0 Å². The van der Waals surface area contributed by atoms with Gasteiger partial charge in [0, 0.05) is 12.8 Å². The fourth-order valence-corrected chi connectivity index (χ4v) is 3.13. The molecule has 0 fully saturated rings. The van der Waals surface area contributed by atoms with Crippen LogP contribution in [0.15, 0.2) is 40.7 Å². The van der Waals surface area contributed by atoms with Crippen molar-refractivity contribution in [1.29, 1.82) is 0 Å². The van der Waals surface area contributed by atoms with Crippen molar-refractivity contribution in [2.24, 2.45) is 10.6 Å². The molecule has 0 radical (unpaired) electrons. The lowest BCUT2D eigenvalue weighted by atomic mass is 9.97. The molecule has 80 valence electrons. The maximum atomic E-state index is 5.87. The van der Waals surface area contributed by atoms with Crippen molar-refractivity contribution in [1.82, 2.24) is 0 Å². The predicted molar refractivity (Wildman–Crippen MR) is 66.4 cm³/mol. The Kier molecular flexibility index (Phi) is 4.11. The van der Waals surface area contributed by atoms with Crippen LogP contribution in [0.25, 0.3) is 0 Å². The molecule has 0 N–H and O–H groups in total. The monoisotopic (exact) mass is 219 g/mol. The van der Waals surface area contributed by atoms with Crippen LogP contribution in [-0.4, -0.2) is 22.0 Å². The van der Waals surface area contributed by atoms with Crippen molar-refractivity contribution >= 4 is 15.4 Å². The molecule has 0 aromatic heterocycles. The zero-order chi connectivity index (χ0) is 10.3. The second-order valence-electron chi connectivity index (χ2n) is 3.91. The standard InChI is InChI=1S/C12H17NOSi/c1-3-7-12(8-4-1)11-14-15-10-6-2-5-9-13-15/h2-3,5-7,9-10,12,15H,1,4,8,11H2. The first-order chi connectivity index (χ1) is 7.45.